The van der Waals surface area contributed by atoms with Crippen LogP contribution in [0.15, 0.2) is 42.5 Å². The number of carbonyl (C=O) groups excluding carboxylic acids is 2. The summed E-state index contributed by atoms with van der Waals surface area (Å²) in [5.41, 5.74) is 12.2. The van der Waals surface area contributed by atoms with E-state index in [2.05, 4.69) is 25.5 Å². The Balaban J connectivity index is 1.82. The molecule has 11 nitrogen and oxygen atoms in total. The fourth-order valence-electron chi connectivity index (χ4n) is 3.14. The number of halogens is 1. The van der Waals surface area contributed by atoms with Crippen molar-refractivity contribution >= 4 is 28.7 Å². The van der Waals surface area contributed by atoms with E-state index in [0.29, 0.717) is 11.1 Å². The van der Waals surface area contributed by atoms with Crippen molar-refractivity contribution in [3.05, 3.63) is 65.1 Å². The van der Waals surface area contributed by atoms with E-state index in [4.69, 9.17) is 16.2 Å². The first-order chi connectivity index (χ1) is 15.4. The zero-order chi connectivity index (χ0) is 22.8. The van der Waals surface area contributed by atoms with Crippen LogP contribution in [0.3, 0.4) is 0 Å². The molecule has 0 atom stereocenters. The van der Waals surface area contributed by atoms with Crippen LogP contribution in [0.5, 0.6) is 6.01 Å². The average molecular weight is 436 g/mol. The highest BCUT2D eigenvalue weighted by molar-refractivity contribution is 6.04. The number of benzene rings is 2. The van der Waals surface area contributed by atoms with Gasteiger partial charge in [-0.15, -0.1) is 10.2 Å². The fraction of sp³-hybridized carbons (Fsp3) is 0.100. The lowest BCUT2D eigenvalue weighted by Crippen LogP contribution is -2.20. The molecule has 0 aliphatic rings. The van der Waals surface area contributed by atoms with Crippen molar-refractivity contribution in [3.63, 3.8) is 0 Å². The minimum atomic E-state index is -0.850. The number of nitrogens with zero attached hydrogens (tertiary/aromatic N) is 5. The number of carbonyl (C=O) groups is 2. The number of rotatable bonds is 7. The lowest BCUT2D eigenvalue weighted by atomic mass is 10.2. The van der Waals surface area contributed by atoms with Crippen molar-refractivity contribution in [3.8, 4) is 12.0 Å². The summed E-state index contributed by atoms with van der Waals surface area (Å²) in [4.78, 5) is 32.3. The molecule has 2 aromatic carbocycles. The van der Waals surface area contributed by atoms with Crippen molar-refractivity contribution in [1.29, 1.82) is 0 Å². The zero-order valence-corrected chi connectivity index (χ0v) is 16.7. The average Bonchev–Trinajstić information content (AvgIpc) is 3.16. The molecule has 0 aliphatic carbocycles. The molecule has 0 bridgehead atoms. The van der Waals surface area contributed by atoms with Gasteiger partial charge in [-0.2, -0.15) is 9.97 Å². The Kier molecular flexibility index (Phi) is 5.33. The summed E-state index contributed by atoms with van der Waals surface area (Å²) in [5.74, 6) is -1.89. The molecule has 32 heavy (non-hydrogen) atoms. The second-order valence-electron chi connectivity index (χ2n) is 6.63. The summed E-state index contributed by atoms with van der Waals surface area (Å²) in [6, 6.07) is 10.8. The van der Waals surface area contributed by atoms with E-state index in [9.17, 15) is 14.0 Å². The van der Waals surface area contributed by atoms with Gasteiger partial charge in [-0.1, -0.05) is 18.2 Å². The number of aromatic nitrogens is 5. The minimum absolute atomic E-state index is 0.00212. The molecule has 0 saturated heterocycles. The van der Waals surface area contributed by atoms with Crippen LogP contribution < -0.4 is 21.5 Å². The summed E-state index contributed by atoms with van der Waals surface area (Å²) in [6.45, 7) is 0.143. The first-order valence-corrected chi connectivity index (χ1v) is 9.27. The topological polar surface area (TPSA) is 164 Å². The number of methoxy groups -OCH3 is 1. The van der Waals surface area contributed by atoms with E-state index >= 15 is 0 Å². The Hall–Kier alpha value is -4.61. The Labute approximate surface area is 180 Å². The standard InChI is InChI=1S/C20H17FN8O3/c1-32-20-25-14-12(16(22)30)6-3-7-13(14)29(20)19-26-18(15(17(23)31)27-28-19)24-9-10-4-2-5-11(21)8-10/h2-8H,9H2,1H3,(H2,22,30)(H2,23,31)(H,24,26,28). The molecule has 2 heterocycles. The maximum atomic E-state index is 13.5. The highest BCUT2D eigenvalue weighted by Crippen LogP contribution is 2.27. The number of amides is 2. The molecule has 0 unspecified atom stereocenters. The maximum absolute atomic E-state index is 13.5. The smallest absolute Gasteiger partial charge is 0.304 e. The molecular weight excluding hydrogens is 419 g/mol. The number of ether oxygens (including phenoxy) is 1. The van der Waals surface area contributed by atoms with Gasteiger partial charge in [-0.3, -0.25) is 9.59 Å². The molecule has 5 N–H and O–H groups in total. The summed E-state index contributed by atoms with van der Waals surface area (Å²) in [7, 11) is 1.38. The second kappa shape index (κ2) is 8.26. The number of hydrogen-bond donors (Lipinski definition) is 3. The maximum Gasteiger partial charge on any atom is 0.304 e. The summed E-state index contributed by atoms with van der Waals surface area (Å²) >= 11 is 0. The molecule has 162 valence electrons. The largest absolute Gasteiger partial charge is 0.468 e. The van der Waals surface area contributed by atoms with Gasteiger partial charge in [-0.05, 0) is 29.8 Å². The molecule has 0 spiro atoms. The predicted octanol–water partition coefficient (Wildman–Crippen LogP) is 1.17. The molecular formula is C20H17FN8O3. The van der Waals surface area contributed by atoms with Gasteiger partial charge in [0, 0.05) is 6.54 Å². The zero-order valence-electron chi connectivity index (χ0n) is 16.7. The number of fused-ring (bicyclic) bond motifs is 1. The van der Waals surface area contributed by atoms with E-state index in [1.807, 2.05) is 0 Å². The number of primary amides is 2. The molecule has 2 amide bonds. The van der Waals surface area contributed by atoms with E-state index in [1.54, 1.807) is 24.3 Å². The van der Waals surface area contributed by atoms with Crippen molar-refractivity contribution in [2.45, 2.75) is 6.54 Å². The Morgan fingerprint density at radius 1 is 1.09 bits per heavy atom. The highest BCUT2D eigenvalue weighted by atomic mass is 19.1. The Bertz CT molecular complexity index is 1350. The molecule has 2 aromatic heterocycles. The lowest BCUT2D eigenvalue weighted by molar-refractivity contribution is 0.0989. The molecule has 4 rings (SSSR count). The van der Waals surface area contributed by atoms with Crippen LogP contribution in [0.2, 0.25) is 0 Å². The second-order valence-corrected chi connectivity index (χ2v) is 6.63. The first-order valence-electron chi connectivity index (χ1n) is 9.27. The van der Waals surface area contributed by atoms with Gasteiger partial charge in [0.1, 0.15) is 11.3 Å². The first kappa shape index (κ1) is 20.7. The third-order valence-corrected chi connectivity index (χ3v) is 4.56. The monoisotopic (exact) mass is 436 g/mol. The van der Waals surface area contributed by atoms with Gasteiger partial charge in [0.25, 0.3) is 17.8 Å². The van der Waals surface area contributed by atoms with Gasteiger partial charge in [-0.25, -0.2) is 8.96 Å². The summed E-state index contributed by atoms with van der Waals surface area (Å²) in [6.07, 6.45) is 0. The van der Waals surface area contributed by atoms with Gasteiger partial charge < -0.3 is 21.5 Å². The summed E-state index contributed by atoms with van der Waals surface area (Å²) < 4.78 is 20.2. The molecule has 12 heteroatoms. The van der Waals surface area contributed by atoms with Crippen molar-refractivity contribution in [1.82, 2.24) is 24.7 Å². The highest BCUT2D eigenvalue weighted by Gasteiger charge is 2.22. The number of nitrogens with one attached hydrogen (secondary N) is 1. The fourth-order valence-corrected chi connectivity index (χ4v) is 3.14. The third kappa shape index (κ3) is 3.76. The number of nitrogens with two attached hydrogens (primary N) is 2. The van der Waals surface area contributed by atoms with Gasteiger partial charge in [0.15, 0.2) is 11.5 Å². The SMILES string of the molecule is COc1nc2c(C(N)=O)cccc2n1-c1nnc(C(N)=O)c(NCc2cccc(F)c2)n1. The molecule has 0 fully saturated rings. The van der Waals surface area contributed by atoms with Crippen LogP contribution in [0, 0.1) is 5.82 Å². The van der Waals surface area contributed by atoms with E-state index in [0.717, 1.165) is 0 Å². The van der Waals surface area contributed by atoms with Gasteiger partial charge in [0.2, 0.25) is 0 Å². The molecule has 0 saturated carbocycles. The van der Waals surface area contributed by atoms with Gasteiger partial charge >= 0.3 is 6.01 Å². The predicted molar refractivity (Wildman–Crippen MR) is 112 cm³/mol. The normalized spacial score (nSPS) is 10.8. The number of hydrogen-bond acceptors (Lipinski definition) is 8. The van der Waals surface area contributed by atoms with Crippen molar-refractivity contribution < 1.29 is 18.7 Å². The van der Waals surface area contributed by atoms with E-state index in [1.165, 1.54) is 29.9 Å². The van der Waals surface area contributed by atoms with Crippen LogP contribution in [0.25, 0.3) is 17.0 Å². The molecule has 4 aromatic rings. The molecule has 0 radical (unpaired) electrons. The molecule has 0 aliphatic heterocycles. The third-order valence-electron chi connectivity index (χ3n) is 4.56. The van der Waals surface area contributed by atoms with Crippen LogP contribution in [0.4, 0.5) is 10.2 Å². The van der Waals surface area contributed by atoms with E-state index in [-0.39, 0.29) is 41.1 Å². The lowest BCUT2D eigenvalue weighted by Gasteiger charge is -2.11. The van der Waals surface area contributed by atoms with Crippen LogP contribution in [-0.2, 0) is 6.54 Å². The van der Waals surface area contributed by atoms with Crippen molar-refractivity contribution in [2.24, 2.45) is 11.5 Å². The number of anilines is 1. The number of imidazole rings is 1. The van der Waals surface area contributed by atoms with Gasteiger partial charge in [0.05, 0.1) is 18.2 Å². The summed E-state index contributed by atoms with van der Waals surface area (Å²) in [5, 5.41) is 10.8. The van der Waals surface area contributed by atoms with Crippen LogP contribution >= 0.6 is 0 Å². The number of para-hydroxylation sites is 1. The van der Waals surface area contributed by atoms with Crippen LogP contribution in [0.1, 0.15) is 26.4 Å². The van der Waals surface area contributed by atoms with Crippen LogP contribution in [-0.4, -0.2) is 43.7 Å². The Morgan fingerprint density at radius 3 is 2.56 bits per heavy atom. The quantitative estimate of drug-likeness (QED) is 0.388. The van der Waals surface area contributed by atoms with E-state index < -0.39 is 17.6 Å². The minimum Gasteiger partial charge on any atom is -0.468 e. The Morgan fingerprint density at radius 2 is 1.88 bits per heavy atom. The van der Waals surface area contributed by atoms with Crippen molar-refractivity contribution in [2.75, 3.05) is 12.4 Å².